The van der Waals surface area contributed by atoms with E-state index >= 15 is 0 Å². The Labute approximate surface area is 356 Å². The van der Waals surface area contributed by atoms with Gasteiger partial charge in [-0.15, -0.1) is 0 Å². The Morgan fingerprint density at radius 2 is 0.581 bits per heavy atom. The maximum Gasteiger partial charge on any atom is 0.238 e. The van der Waals surface area contributed by atoms with E-state index in [4.69, 9.17) is 29.9 Å². The average Bonchev–Trinajstić information content (AvgIpc) is 3.88. The quantitative estimate of drug-likeness (QED) is 0.160. The number of rotatable bonds is 7. The first-order valence-electron chi connectivity index (χ1n) is 20.6. The summed E-state index contributed by atoms with van der Waals surface area (Å²) < 4.78 is 4.39. The summed E-state index contributed by atoms with van der Waals surface area (Å²) in [5, 5.41) is 4.24. The topological polar surface area (TPSA) is 87.2 Å². The first-order chi connectivity index (χ1) is 30.8. The number of nitrogens with zero attached hydrogens (tertiary/aromatic N) is 8. The van der Waals surface area contributed by atoms with Crippen LogP contribution >= 0.6 is 0 Å². The van der Waals surface area contributed by atoms with E-state index in [0.717, 1.165) is 77.0 Å². The summed E-state index contributed by atoms with van der Waals surface area (Å²) in [5.41, 5.74) is 9.49. The van der Waals surface area contributed by atoms with Crippen molar-refractivity contribution >= 4 is 43.6 Å². The zero-order valence-corrected chi connectivity index (χ0v) is 33.2. The molecule has 0 saturated heterocycles. The van der Waals surface area contributed by atoms with Gasteiger partial charge in [0.15, 0.2) is 23.3 Å². The van der Waals surface area contributed by atoms with Crippen LogP contribution < -0.4 is 0 Å². The van der Waals surface area contributed by atoms with Crippen LogP contribution in [0.4, 0.5) is 0 Å². The van der Waals surface area contributed by atoms with Gasteiger partial charge in [0, 0.05) is 43.8 Å². The minimum atomic E-state index is 0.498. The maximum atomic E-state index is 5.42. The number of aromatic nitrogens is 8. The van der Waals surface area contributed by atoms with E-state index in [0.29, 0.717) is 35.2 Å². The molecule has 4 aromatic heterocycles. The molecule has 0 unspecified atom stereocenters. The first kappa shape index (κ1) is 35.3. The molecule has 62 heavy (non-hydrogen) atoms. The highest BCUT2D eigenvalue weighted by Crippen LogP contribution is 2.42. The molecule has 290 valence electrons. The van der Waals surface area contributed by atoms with Gasteiger partial charge in [0.2, 0.25) is 11.9 Å². The second kappa shape index (κ2) is 14.6. The molecular weight excluding hydrogens is 761 g/mol. The Kier molecular flexibility index (Phi) is 8.31. The van der Waals surface area contributed by atoms with Gasteiger partial charge in [-0.1, -0.05) is 194 Å². The largest absolute Gasteiger partial charge is 0.276 e. The molecule has 0 fully saturated rings. The van der Waals surface area contributed by atoms with Gasteiger partial charge >= 0.3 is 0 Å². The Balaban J connectivity index is 1.21. The third kappa shape index (κ3) is 5.84. The van der Waals surface area contributed by atoms with Crippen molar-refractivity contribution in [1.29, 1.82) is 0 Å². The third-order valence-electron chi connectivity index (χ3n) is 11.5. The van der Waals surface area contributed by atoms with Crippen molar-refractivity contribution in [2.75, 3.05) is 0 Å². The van der Waals surface area contributed by atoms with Crippen LogP contribution in [0.15, 0.2) is 206 Å². The third-order valence-corrected chi connectivity index (χ3v) is 11.5. The minimum Gasteiger partial charge on any atom is -0.276 e. The molecule has 8 aromatic carbocycles. The van der Waals surface area contributed by atoms with Crippen LogP contribution in [0.2, 0.25) is 0 Å². The summed E-state index contributed by atoms with van der Waals surface area (Å²) in [5.74, 6) is 3.32. The van der Waals surface area contributed by atoms with Gasteiger partial charge in [-0.2, -0.15) is 19.9 Å². The van der Waals surface area contributed by atoms with E-state index in [2.05, 4.69) is 112 Å². The van der Waals surface area contributed by atoms with Crippen molar-refractivity contribution in [1.82, 2.24) is 39.0 Å². The molecule has 8 heteroatoms. The van der Waals surface area contributed by atoms with Gasteiger partial charge in [-0.3, -0.25) is 9.13 Å². The van der Waals surface area contributed by atoms with Crippen molar-refractivity contribution in [2.24, 2.45) is 0 Å². The maximum absolute atomic E-state index is 5.42. The second-order valence-corrected chi connectivity index (χ2v) is 15.1. The van der Waals surface area contributed by atoms with E-state index in [1.807, 2.05) is 103 Å². The molecule has 0 atom stereocenters. The highest BCUT2D eigenvalue weighted by atomic mass is 15.2. The lowest BCUT2D eigenvalue weighted by Crippen LogP contribution is -2.09. The molecule has 0 N–H and O–H groups in total. The van der Waals surface area contributed by atoms with Crippen LogP contribution in [0.25, 0.3) is 112 Å². The minimum absolute atomic E-state index is 0.498. The Bertz CT molecular complexity index is 3560. The fourth-order valence-electron chi connectivity index (χ4n) is 8.66. The SMILES string of the molecule is c1ccc(-c2nc(-c3ccccc3)nc(-n3c4ccccc4c4ccc5c6ccccc6n(-c6nc(-c7ccccc7)nc(-c7ccccc7-c7ccccc7)n6)c5c43)n2)cc1. The van der Waals surface area contributed by atoms with E-state index in [1.54, 1.807) is 0 Å². The van der Waals surface area contributed by atoms with Gasteiger partial charge in [0.25, 0.3) is 0 Å². The second-order valence-electron chi connectivity index (χ2n) is 15.1. The molecule has 0 aliphatic carbocycles. The van der Waals surface area contributed by atoms with Crippen LogP contribution in [0.3, 0.4) is 0 Å². The number of hydrogen-bond acceptors (Lipinski definition) is 6. The smallest absolute Gasteiger partial charge is 0.238 e. The van der Waals surface area contributed by atoms with E-state index in [-0.39, 0.29) is 0 Å². The average molecular weight is 795 g/mol. The lowest BCUT2D eigenvalue weighted by atomic mass is 9.99. The fraction of sp³-hybridized carbons (Fsp3) is 0. The molecule has 4 heterocycles. The number of hydrogen-bond donors (Lipinski definition) is 0. The normalized spacial score (nSPS) is 11.5. The molecule has 0 bridgehead atoms. The summed E-state index contributed by atoms with van der Waals surface area (Å²) in [6.45, 7) is 0. The van der Waals surface area contributed by atoms with Gasteiger partial charge in [0.05, 0.1) is 22.1 Å². The molecule has 0 spiro atoms. The molecule has 8 nitrogen and oxygen atoms in total. The van der Waals surface area contributed by atoms with Crippen molar-refractivity contribution in [3.8, 4) is 68.6 Å². The summed E-state index contributed by atoms with van der Waals surface area (Å²) in [6, 6.07) is 70.4. The fourth-order valence-corrected chi connectivity index (χ4v) is 8.66. The number of benzene rings is 8. The zero-order valence-electron chi connectivity index (χ0n) is 33.2. The van der Waals surface area contributed by atoms with Gasteiger partial charge < -0.3 is 0 Å². The molecule has 12 aromatic rings. The number of fused-ring (bicyclic) bond motifs is 7. The standard InChI is InChI=1S/C54H34N8/c1-5-19-35(20-6-1)39-27-13-14-30-44(39)52-56-51(38-25-11-4-12-26-38)59-54(60-52)62-46-32-18-16-29-41(46)43-34-33-42-40-28-15-17-31-45(40)61(47(42)48(43)62)53-57-49(36-21-7-2-8-22-36)55-50(58-53)37-23-9-3-10-24-37/h1-34H. The van der Waals surface area contributed by atoms with Gasteiger partial charge in [0.1, 0.15) is 0 Å². The van der Waals surface area contributed by atoms with Crippen molar-refractivity contribution in [3.05, 3.63) is 206 Å². The Morgan fingerprint density at radius 1 is 0.242 bits per heavy atom. The molecule has 0 saturated carbocycles. The highest BCUT2D eigenvalue weighted by molar-refractivity contribution is 6.23. The monoisotopic (exact) mass is 794 g/mol. The lowest BCUT2D eigenvalue weighted by Gasteiger charge is -2.14. The summed E-state index contributed by atoms with van der Waals surface area (Å²) in [7, 11) is 0. The molecule has 0 amide bonds. The van der Waals surface area contributed by atoms with E-state index in [9.17, 15) is 0 Å². The van der Waals surface area contributed by atoms with Crippen LogP contribution in [-0.4, -0.2) is 39.0 Å². The predicted molar refractivity (Wildman–Crippen MR) is 249 cm³/mol. The molecule has 12 rings (SSSR count). The predicted octanol–water partition coefficient (Wildman–Crippen LogP) is 12.6. The van der Waals surface area contributed by atoms with Crippen LogP contribution in [0.1, 0.15) is 0 Å². The molecular formula is C54H34N8. The van der Waals surface area contributed by atoms with Crippen molar-refractivity contribution in [3.63, 3.8) is 0 Å². The Morgan fingerprint density at radius 3 is 1.03 bits per heavy atom. The molecule has 0 aliphatic heterocycles. The van der Waals surface area contributed by atoms with Crippen LogP contribution in [-0.2, 0) is 0 Å². The molecule has 0 radical (unpaired) electrons. The van der Waals surface area contributed by atoms with Crippen LogP contribution in [0, 0.1) is 0 Å². The Hall–Kier alpha value is -8.62. The highest BCUT2D eigenvalue weighted by Gasteiger charge is 2.25. The summed E-state index contributed by atoms with van der Waals surface area (Å²) in [4.78, 5) is 31.5. The van der Waals surface area contributed by atoms with E-state index < -0.39 is 0 Å². The molecule has 0 aliphatic rings. The lowest BCUT2D eigenvalue weighted by molar-refractivity contribution is 0.941. The summed E-state index contributed by atoms with van der Waals surface area (Å²) in [6.07, 6.45) is 0. The first-order valence-corrected chi connectivity index (χ1v) is 20.6. The zero-order chi connectivity index (χ0) is 41.0. The van der Waals surface area contributed by atoms with E-state index in [1.165, 1.54) is 0 Å². The van der Waals surface area contributed by atoms with Gasteiger partial charge in [-0.05, 0) is 23.3 Å². The van der Waals surface area contributed by atoms with Crippen molar-refractivity contribution < 1.29 is 0 Å². The summed E-state index contributed by atoms with van der Waals surface area (Å²) >= 11 is 0. The van der Waals surface area contributed by atoms with Crippen molar-refractivity contribution in [2.45, 2.75) is 0 Å². The van der Waals surface area contributed by atoms with Gasteiger partial charge in [-0.25, -0.2) is 9.97 Å². The van der Waals surface area contributed by atoms with Crippen LogP contribution in [0.5, 0.6) is 0 Å². The number of para-hydroxylation sites is 2.